The summed E-state index contributed by atoms with van der Waals surface area (Å²) >= 11 is 1.54. The Kier molecular flexibility index (Phi) is 4.93. The summed E-state index contributed by atoms with van der Waals surface area (Å²) in [5.41, 5.74) is 3.06. The van der Waals surface area contributed by atoms with Crippen LogP contribution in [0.4, 0.5) is 0 Å². The first-order valence-corrected chi connectivity index (χ1v) is 6.76. The quantitative estimate of drug-likeness (QED) is 0.607. The molecule has 1 heterocycles. The molecule has 4 nitrogen and oxygen atoms in total. The fraction of sp³-hybridized carbons (Fsp3) is 0.583. The molecule has 0 spiro atoms. The van der Waals surface area contributed by atoms with E-state index < -0.39 is 0 Å². The first kappa shape index (κ1) is 14.0. The van der Waals surface area contributed by atoms with Gasteiger partial charge in [0.25, 0.3) is 0 Å². The van der Waals surface area contributed by atoms with Crippen LogP contribution in [0.3, 0.4) is 0 Å². The van der Waals surface area contributed by atoms with E-state index in [-0.39, 0.29) is 5.91 Å². The van der Waals surface area contributed by atoms with Crippen LogP contribution in [-0.2, 0) is 11.2 Å². The Balaban J connectivity index is 2.81. The molecule has 0 aliphatic rings. The zero-order chi connectivity index (χ0) is 13.0. The summed E-state index contributed by atoms with van der Waals surface area (Å²) in [6, 6.07) is 0. The van der Waals surface area contributed by atoms with E-state index in [2.05, 4.69) is 9.97 Å². The number of rotatable bonds is 4. The predicted octanol–water partition coefficient (Wildman–Crippen LogP) is 1.84. The first-order chi connectivity index (χ1) is 7.95. The summed E-state index contributed by atoms with van der Waals surface area (Å²) in [5.74, 6) is 0.137. The van der Waals surface area contributed by atoms with Crippen molar-refractivity contribution in [3.05, 3.63) is 17.0 Å². The third-order valence-corrected chi connectivity index (χ3v) is 3.22. The van der Waals surface area contributed by atoms with Crippen molar-refractivity contribution in [3.63, 3.8) is 0 Å². The SMILES string of the molecule is CSc1nc(C)c(CCC(=O)N(C)C)c(C)n1. The molecule has 0 saturated heterocycles. The summed E-state index contributed by atoms with van der Waals surface area (Å²) < 4.78 is 0. The van der Waals surface area contributed by atoms with E-state index in [1.54, 1.807) is 19.0 Å². The fourth-order valence-electron chi connectivity index (χ4n) is 1.62. The van der Waals surface area contributed by atoms with Gasteiger partial charge in [-0.1, -0.05) is 11.8 Å². The molecule has 0 bridgehead atoms. The van der Waals surface area contributed by atoms with Crippen molar-refractivity contribution in [2.75, 3.05) is 20.4 Å². The number of carbonyl (C=O) groups is 1. The highest BCUT2D eigenvalue weighted by Crippen LogP contribution is 2.17. The van der Waals surface area contributed by atoms with Crippen LogP contribution in [0.2, 0.25) is 0 Å². The van der Waals surface area contributed by atoms with Crippen LogP contribution < -0.4 is 0 Å². The monoisotopic (exact) mass is 253 g/mol. The normalized spacial score (nSPS) is 10.4. The van der Waals surface area contributed by atoms with Crippen LogP contribution in [0.15, 0.2) is 5.16 Å². The van der Waals surface area contributed by atoms with Gasteiger partial charge in [0.05, 0.1) is 0 Å². The molecule has 0 radical (unpaired) electrons. The van der Waals surface area contributed by atoms with E-state index in [4.69, 9.17) is 0 Å². The summed E-state index contributed by atoms with van der Waals surface area (Å²) in [6.07, 6.45) is 3.18. The van der Waals surface area contributed by atoms with Gasteiger partial charge in [-0.3, -0.25) is 4.79 Å². The minimum Gasteiger partial charge on any atom is -0.349 e. The van der Waals surface area contributed by atoms with Gasteiger partial charge in [-0.25, -0.2) is 9.97 Å². The topological polar surface area (TPSA) is 46.1 Å². The van der Waals surface area contributed by atoms with Gasteiger partial charge in [0.15, 0.2) is 5.16 Å². The smallest absolute Gasteiger partial charge is 0.222 e. The van der Waals surface area contributed by atoms with Crippen molar-refractivity contribution in [3.8, 4) is 0 Å². The van der Waals surface area contributed by atoms with Crippen LogP contribution in [0.5, 0.6) is 0 Å². The number of amides is 1. The van der Waals surface area contributed by atoms with Crippen LogP contribution in [0.25, 0.3) is 0 Å². The molecular formula is C12H19N3OS. The summed E-state index contributed by atoms with van der Waals surface area (Å²) in [7, 11) is 3.55. The Morgan fingerprint density at radius 1 is 1.24 bits per heavy atom. The molecule has 1 aromatic heterocycles. The van der Waals surface area contributed by atoms with Gasteiger partial charge in [-0.05, 0) is 32.1 Å². The van der Waals surface area contributed by atoms with Crippen molar-refractivity contribution in [2.45, 2.75) is 31.8 Å². The second-order valence-corrected chi connectivity index (χ2v) is 4.92. The number of hydrogen-bond donors (Lipinski definition) is 0. The van der Waals surface area contributed by atoms with Crippen molar-refractivity contribution >= 4 is 17.7 Å². The Morgan fingerprint density at radius 2 is 1.76 bits per heavy atom. The lowest BCUT2D eigenvalue weighted by Crippen LogP contribution is -2.22. The van der Waals surface area contributed by atoms with E-state index in [9.17, 15) is 4.79 Å². The Labute approximate surface area is 107 Å². The van der Waals surface area contributed by atoms with Gasteiger partial charge in [0.1, 0.15) is 0 Å². The van der Waals surface area contributed by atoms with Crippen molar-refractivity contribution in [2.24, 2.45) is 0 Å². The summed E-state index contributed by atoms with van der Waals surface area (Å²) in [5, 5.41) is 0.794. The summed E-state index contributed by atoms with van der Waals surface area (Å²) in [6.45, 7) is 3.95. The number of aromatic nitrogens is 2. The highest BCUT2D eigenvalue weighted by molar-refractivity contribution is 7.98. The lowest BCUT2D eigenvalue weighted by atomic mass is 10.1. The van der Waals surface area contributed by atoms with Gasteiger partial charge in [0.2, 0.25) is 5.91 Å². The highest BCUT2D eigenvalue weighted by atomic mass is 32.2. The van der Waals surface area contributed by atoms with Gasteiger partial charge in [-0.2, -0.15) is 0 Å². The first-order valence-electron chi connectivity index (χ1n) is 5.54. The largest absolute Gasteiger partial charge is 0.349 e. The maximum absolute atomic E-state index is 11.5. The molecule has 1 amide bonds. The average Bonchev–Trinajstić information content (AvgIpc) is 2.27. The molecule has 1 rings (SSSR count). The molecule has 0 aliphatic heterocycles. The molecule has 5 heteroatoms. The molecule has 0 aromatic carbocycles. The zero-order valence-corrected chi connectivity index (χ0v) is 11.9. The molecule has 0 saturated carbocycles. The number of nitrogens with zero attached hydrogens (tertiary/aromatic N) is 3. The van der Waals surface area contributed by atoms with Crippen molar-refractivity contribution < 1.29 is 4.79 Å². The van der Waals surface area contributed by atoms with Gasteiger partial charge in [0, 0.05) is 31.9 Å². The Hall–Kier alpha value is -1.10. The third-order valence-electron chi connectivity index (χ3n) is 2.67. The second-order valence-electron chi connectivity index (χ2n) is 4.15. The lowest BCUT2D eigenvalue weighted by Gasteiger charge is -2.12. The highest BCUT2D eigenvalue weighted by Gasteiger charge is 2.11. The van der Waals surface area contributed by atoms with Crippen LogP contribution in [0.1, 0.15) is 23.4 Å². The minimum atomic E-state index is 0.137. The van der Waals surface area contributed by atoms with Crippen LogP contribution in [-0.4, -0.2) is 41.1 Å². The van der Waals surface area contributed by atoms with Gasteiger partial charge < -0.3 is 4.90 Å². The molecular weight excluding hydrogens is 234 g/mol. The molecule has 1 aromatic rings. The third kappa shape index (κ3) is 3.70. The predicted molar refractivity (Wildman–Crippen MR) is 70.3 cm³/mol. The Bertz CT molecular complexity index is 395. The van der Waals surface area contributed by atoms with E-state index in [1.807, 2.05) is 20.1 Å². The van der Waals surface area contributed by atoms with Crippen molar-refractivity contribution in [1.82, 2.24) is 14.9 Å². The second kappa shape index (κ2) is 6.00. The number of aryl methyl sites for hydroxylation is 2. The Morgan fingerprint density at radius 3 is 2.18 bits per heavy atom. The van der Waals surface area contributed by atoms with E-state index >= 15 is 0 Å². The molecule has 0 unspecified atom stereocenters. The average molecular weight is 253 g/mol. The maximum atomic E-state index is 11.5. The van der Waals surface area contributed by atoms with E-state index in [0.717, 1.165) is 22.1 Å². The molecule has 17 heavy (non-hydrogen) atoms. The van der Waals surface area contributed by atoms with Crippen LogP contribution in [0, 0.1) is 13.8 Å². The minimum absolute atomic E-state index is 0.137. The number of thioether (sulfide) groups is 1. The molecule has 0 atom stereocenters. The molecule has 94 valence electrons. The molecule has 0 fully saturated rings. The van der Waals surface area contributed by atoms with Gasteiger partial charge >= 0.3 is 0 Å². The van der Waals surface area contributed by atoms with Crippen molar-refractivity contribution in [1.29, 1.82) is 0 Å². The number of carbonyl (C=O) groups excluding carboxylic acids is 1. The molecule has 0 N–H and O–H groups in total. The van der Waals surface area contributed by atoms with E-state index in [1.165, 1.54) is 11.8 Å². The number of hydrogen-bond acceptors (Lipinski definition) is 4. The lowest BCUT2D eigenvalue weighted by molar-refractivity contribution is -0.128. The van der Waals surface area contributed by atoms with E-state index in [0.29, 0.717) is 12.8 Å². The standard InChI is InChI=1S/C12H19N3OS/c1-8-10(6-7-11(16)15(3)4)9(2)14-12(13-8)17-5/h6-7H2,1-5H3. The molecule has 0 aliphatic carbocycles. The zero-order valence-electron chi connectivity index (χ0n) is 11.1. The fourth-order valence-corrected chi connectivity index (χ4v) is 2.07. The maximum Gasteiger partial charge on any atom is 0.222 e. The van der Waals surface area contributed by atoms with Gasteiger partial charge in [-0.15, -0.1) is 0 Å². The summed E-state index contributed by atoms with van der Waals surface area (Å²) in [4.78, 5) is 22.0. The van der Waals surface area contributed by atoms with Crippen LogP contribution >= 0.6 is 11.8 Å².